The molecule has 1 aromatic heterocycles. The Balaban J connectivity index is 2.65. The number of aromatic nitrogens is 2. The SMILES string of the molecule is CNc1c(N)cnn1CCN(C)C. The molecule has 0 spiro atoms. The van der Waals surface area contributed by atoms with Crippen molar-refractivity contribution >= 4 is 11.5 Å². The first-order chi connectivity index (χ1) is 6.15. The molecule has 0 radical (unpaired) electrons. The van der Waals surface area contributed by atoms with Crippen molar-refractivity contribution < 1.29 is 0 Å². The number of rotatable bonds is 4. The van der Waals surface area contributed by atoms with Crippen molar-refractivity contribution in [1.29, 1.82) is 0 Å². The van der Waals surface area contributed by atoms with Gasteiger partial charge in [-0.05, 0) is 14.1 Å². The van der Waals surface area contributed by atoms with Crippen LogP contribution in [-0.2, 0) is 6.54 Å². The van der Waals surface area contributed by atoms with Gasteiger partial charge in [0.1, 0.15) is 5.82 Å². The minimum atomic E-state index is 0.696. The summed E-state index contributed by atoms with van der Waals surface area (Å²) in [4.78, 5) is 2.11. The maximum absolute atomic E-state index is 5.70. The lowest BCUT2D eigenvalue weighted by atomic mass is 10.5. The van der Waals surface area contributed by atoms with Crippen molar-refractivity contribution in [3.05, 3.63) is 6.20 Å². The van der Waals surface area contributed by atoms with Crippen LogP contribution in [0.3, 0.4) is 0 Å². The first-order valence-electron chi connectivity index (χ1n) is 4.29. The summed E-state index contributed by atoms with van der Waals surface area (Å²) in [5.74, 6) is 0.891. The molecule has 1 rings (SSSR count). The highest BCUT2D eigenvalue weighted by Crippen LogP contribution is 2.15. The molecular weight excluding hydrogens is 166 g/mol. The fourth-order valence-electron chi connectivity index (χ4n) is 1.14. The number of nitrogens with two attached hydrogens (primary N) is 1. The van der Waals surface area contributed by atoms with E-state index in [2.05, 4.69) is 15.3 Å². The highest BCUT2D eigenvalue weighted by atomic mass is 15.3. The number of anilines is 2. The molecular formula is C8H17N5. The Labute approximate surface area is 78.5 Å². The normalized spacial score (nSPS) is 10.8. The average molecular weight is 183 g/mol. The van der Waals surface area contributed by atoms with Crippen LogP contribution in [-0.4, -0.2) is 42.4 Å². The fourth-order valence-corrected chi connectivity index (χ4v) is 1.14. The van der Waals surface area contributed by atoms with Crippen LogP contribution in [0, 0.1) is 0 Å². The van der Waals surface area contributed by atoms with Crippen molar-refractivity contribution in [3.8, 4) is 0 Å². The third-order valence-corrected chi connectivity index (χ3v) is 1.86. The van der Waals surface area contributed by atoms with Gasteiger partial charge in [-0.25, -0.2) is 4.68 Å². The Hall–Kier alpha value is -1.23. The van der Waals surface area contributed by atoms with Crippen molar-refractivity contribution in [3.63, 3.8) is 0 Å². The van der Waals surface area contributed by atoms with E-state index in [0.29, 0.717) is 5.69 Å². The van der Waals surface area contributed by atoms with Gasteiger partial charge in [-0.1, -0.05) is 0 Å². The maximum Gasteiger partial charge on any atom is 0.147 e. The molecule has 0 saturated heterocycles. The summed E-state index contributed by atoms with van der Waals surface area (Å²) >= 11 is 0. The number of nitrogen functional groups attached to an aromatic ring is 1. The lowest BCUT2D eigenvalue weighted by Crippen LogP contribution is -2.19. The Bertz CT molecular complexity index is 265. The summed E-state index contributed by atoms with van der Waals surface area (Å²) in [6.45, 7) is 1.80. The highest BCUT2D eigenvalue weighted by Gasteiger charge is 2.05. The van der Waals surface area contributed by atoms with Gasteiger partial charge >= 0.3 is 0 Å². The van der Waals surface area contributed by atoms with Crippen molar-refractivity contribution in [2.75, 3.05) is 38.7 Å². The predicted octanol–water partition coefficient (Wildman–Crippen LogP) is 0.0686. The topological polar surface area (TPSA) is 59.1 Å². The molecule has 0 atom stereocenters. The molecule has 1 heterocycles. The van der Waals surface area contributed by atoms with Crippen molar-refractivity contribution in [2.24, 2.45) is 0 Å². The van der Waals surface area contributed by atoms with Gasteiger partial charge in [0.2, 0.25) is 0 Å². The molecule has 0 aliphatic carbocycles. The predicted molar refractivity (Wildman–Crippen MR) is 54.7 cm³/mol. The quantitative estimate of drug-likeness (QED) is 0.693. The minimum absolute atomic E-state index is 0.696. The summed E-state index contributed by atoms with van der Waals surface area (Å²) in [5, 5.41) is 7.19. The number of hydrogen-bond donors (Lipinski definition) is 2. The van der Waals surface area contributed by atoms with E-state index in [1.54, 1.807) is 6.20 Å². The number of nitrogens with zero attached hydrogens (tertiary/aromatic N) is 3. The van der Waals surface area contributed by atoms with Gasteiger partial charge in [-0.2, -0.15) is 5.10 Å². The number of likely N-dealkylation sites (N-methyl/N-ethyl adjacent to an activating group) is 1. The largest absolute Gasteiger partial charge is 0.394 e. The lowest BCUT2D eigenvalue weighted by molar-refractivity contribution is 0.375. The van der Waals surface area contributed by atoms with Gasteiger partial charge in [0.25, 0.3) is 0 Å². The average Bonchev–Trinajstić information content (AvgIpc) is 2.42. The summed E-state index contributed by atoms with van der Waals surface area (Å²) < 4.78 is 1.87. The van der Waals surface area contributed by atoms with E-state index in [9.17, 15) is 0 Å². The van der Waals surface area contributed by atoms with Crippen molar-refractivity contribution in [1.82, 2.24) is 14.7 Å². The van der Waals surface area contributed by atoms with E-state index in [1.807, 2.05) is 25.8 Å². The van der Waals surface area contributed by atoms with Crippen LogP contribution in [0.15, 0.2) is 6.20 Å². The van der Waals surface area contributed by atoms with E-state index in [0.717, 1.165) is 18.9 Å². The van der Waals surface area contributed by atoms with Crippen LogP contribution >= 0.6 is 0 Å². The molecule has 1 aromatic rings. The monoisotopic (exact) mass is 183 g/mol. The second-order valence-corrected chi connectivity index (χ2v) is 3.22. The summed E-state index contributed by atoms with van der Waals surface area (Å²) in [7, 11) is 5.91. The third-order valence-electron chi connectivity index (χ3n) is 1.86. The van der Waals surface area contributed by atoms with E-state index in [1.165, 1.54) is 0 Å². The zero-order chi connectivity index (χ0) is 9.84. The van der Waals surface area contributed by atoms with E-state index < -0.39 is 0 Å². The molecule has 0 amide bonds. The standard InChI is InChI=1S/C8H17N5/c1-10-8-7(9)6-11-13(8)5-4-12(2)3/h6,10H,4-5,9H2,1-3H3. The third kappa shape index (κ3) is 2.35. The Kier molecular flexibility index (Phi) is 3.13. The van der Waals surface area contributed by atoms with Gasteiger partial charge in [0.05, 0.1) is 18.4 Å². The molecule has 0 bridgehead atoms. The molecule has 0 unspecified atom stereocenters. The smallest absolute Gasteiger partial charge is 0.147 e. The molecule has 0 aliphatic rings. The first kappa shape index (κ1) is 9.85. The van der Waals surface area contributed by atoms with Crippen LogP contribution in [0.2, 0.25) is 0 Å². The first-order valence-corrected chi connectivity index (χ1v) is 4.29. The molecule has 74 valence electrons. The van der Waals surface area contributed by atoms with Crippen molar-refractivity contribution in [2.45, 2.75) is 6.54 Å². The van der Waals surface area contributed by atoms with E-state index in [-0.39, 0.29) is 0 Å². The van der Waals surface area contributed by atoms with Crippen LogP contribution in [0.5, 0.6) is 0 Å². The molecule has 5 heteroatoms. The van der Waals surface area contributed by atoms with E-state index in [4.69, 9.17) is 5.73 Å². The van der Waals surface area contributed by atoms with Crippen LogP contribution in [0.1, 0.15) is 0 Å². The summed E-state index contributed by atoms with van der Waals surface area (Å²) in [6, 6.07) is 0. The molecule has 0 aliphatic heterocycles. The Morgan fingerprint density at radius 2 is 2.31 bits per heavy atom. The molecule has 5 nitrogen and oxygen atoms in total. The Morgan fingerprint density at radius 1 is 1.62 bits per heavy atom. The fraction of sp³-hybridized carbons (Fsp3) is 0.625. The lowest BCUT2D eigenvalue weighted by Gasteiger charge is -2.11. The molecule has 3 N–H and O–H groups in total. The van der Waals surface area contributed by atoms with Gasteiger partial charge in [-0.15, -0.1) is 0 Å². The van der Waals surface area contributed by atoms with Gasteiger partial charge in [-0.3, -0.25) is 0 Å². The van der Waals surface area contributed by atoms with E-state index >= 15 is 0 Å². The Morgan fingerprint density at radius 3 is 2.85 bits per heavy atom. The van der Waals surface area contributed by atoms with Gasteiger partial charge < -0.3 is 16.0 Å². The summed E-state index contributed by atoms with van der Waals surface area (Å²) in [6.07, 6.45) is 1.67. The van der Waals surface area contributed by atoms with Crippen LogP contribution in [0.4, 0.5) is 11.5 Å². The van der Waals surface area contributed by atoms with Crippen LogP contribution < -0.4 is 11.1 Å². The second kappa shape index (κ2) is 4.13. The maximum atomic E-state index is 5.70. The summed E-state index contributed by atoms with van der Waals surface area (Å²) in [5.41, 5.74) is 6.39. The van der Waals surface area contributed by atoms with Gasteiger partial charge in [0, 0.05) is 13.6 Å². The highest BCUT2D eigenvalue weighted by molar-refractivity contribution is 5.60. The zero-order valence-corrected chi connectivity index (χ0v) is 8.41. The molecule has 0 fully saturated rings. The zero-order valence-electron chi connectivity index (χ0n) is 8.41. The minimum Gasteiger partial charge on any atom is -0.394 e. The second-order valence-electron chi connectivity index (χ2n) is 3.22. The van der Waals surface area contributed by atoms with Gasteiger partial charge in [0.15, 0.2) is 0 Å². The number of nitrogens with one attached hydrogen (secondary N) is 1. The van der Waals surface area contributed by atoms with Crippen LogP contribution in [0.25, 0.3) is 0 Å². The molecule has 0 aromatic carbocycles. The molecule has 0 saturated carbocycles. The molecule has 13 heavy (non-hydrogen) atoms. The number of hydrogen-bond acceptors (Lipinski definition) is 4.